The van der Waals surface area contributed by atoms with Crippen LogP contribution in [-0.2, 0) is 15.6 Å². The molecule has 0 saturated carbocycles. The van der Waals surface area contributed by atoms with Gasteiger partial charge in [-0.2, -0.15) is 0 Å². The summed E-state index contributed by atoms with van der Waals surface area (Å²) in [7, 11) is 1.33. The molecule has 0 saturated heterocycles. The number of carbonyl (C=O) groups excluding carboxylic acids is 1. The molecule has 1 aromatic rings. The summed E-state index contributed by atoms with van der Waals surface area (Å²) in [6.45, 7) is 5.96. The molecule has 1 rings (SSSR count). The third-order valence-corrected chi connectivity index (χ3v) is 3.06. The third-order valence-electron chi connectivity index (χ3n) is 2.22. The standard InChI is InChI=1S/C13H20O4Si/c1-15-11-7-6-10(8-12(11)16-2)9-13(14)17-18(3,4)5/h6-8H,9H2,1-5H3. The minimum absolute atomic E-state index is 0.193. The van der Waals surface area contributed by atoms with Gasteiger partial charge in [-0.05, 0) is 37.3 Å². The molecule has 0 unspecified atom stereocenters. The monoisotopic (exact) mass is 268 g/mol. The van der Waals surface area contributed by atoms with Crippen molar-refractivity contribution in [2.45, 2.75) is 26.1 Å². The molecule has 0 amide bonds. The van der Waals surface area contributed by atoms with Crippen LogP contribution in [0.5, 0.6) is 11.5 Å². The van der Waals surface area contributed by atoms with E-state index < -0.39 is 8.32 Å². The lowest BCUT2D eigenvalue weighted by Gasteiger charge is -2.17. The molecule has 0 aliphatic rings. The van der Waals surface area contributed by atoms with Crippen molar-refractivity contribution in [1.29, 1.82) is 0 Å². The van der Waals surface area contributed by atoms with E-state index in [0.29, 0.717) is 11.5 Å². The summed E-state index contributed by atoms with van der Waals surface area (Å²) < 4.78 is 15.7. The molecule has 0 radical (unpaired) electrons. The number of benzene rings is 1. The first-order chi connectivity index (χ1) is 8.35. The zero-order chi connectivity index (χ0) is 13.8. The average Bonchev–Trinajstić information content (AvgIpc) is 2.26. The Hall–Kier alpha value is -1.49. The quantitative estimate of drug-likeness (QED) is 0.770. The Morgan fingerprint density at radius 2 is 1.72 bits per heavy atom. The molecule has 0 spiro atoms. The molecule has 0 bridgehead atoms. The van der Waals surface area contributed by atoms with E-state index in [9.17, 15) is 4.79 Å². The van der Waals surface area contributed by atoms with E-state index in [2.05, 4.69) is 0 Å². The molecule has 0 atom stereocenters. The van der Waals surface area contributed by atoms with Crippen LogP contribution in [-0.4, -0.2) is 28.5 Å². The van der Waals surface area contributed by atoms with Crippen molar-refractivity contribution in [2.24, 2.45) is 0 Å². The van der Waals surface area contributed by atoms with E-state index in [1.807, 2.05) is 25.7 Å². The maximum absolute atomic E-state index is 11.7. The van der Waals surface area contributed by atoms with Gasteiger partial charge in [0.25, 0.3) is 5.97 Å². The van der Waals surface area contributed by atoms with Gasteiger partial charge >= 0.3 is 0 Å². The van der Waals surface area contributed by atoms with Gasteiger partial charge in [-0.25, -0.2) is 0 Å². The van der Waals surface area contributed by atoms with Crippen LogP contribution in [0.15, 0.2) is 18.2 Å². The van der Waals surface area contributed by atoms with Crippen LogP contribution in [0.25, 0.3) is 0 Å². The van der Waals surface area contributed by atoms with E-state index in [1.54, 1.807) is 26.4 Å². The topological polar surface area (TPSA) is 44.8 Å². The molecular weight excluding hydrogens is 248 g/mol. The zero-order valence-electron chi connectivity index (χ0n) is 11.6. The summed E-state index contributed by atoms with van der Waals surface area (Å²) in [5.74, 6) is 1.08. The maximum Gasteiger partial charge on any atom is 0.296 e. The third kappa shape index (κ3) is 4.41. The fraction of sp³-hybridized carbons (Fsp3) is 0.462. The molecule has 100 valence electrons. The van der Waals surface area contributed by atoms with Crippen molar-refractivity contribution in [1.82, 2.24) is 0 Å². The van der Waals surface area contributed by atoms with Gasteiger partial charge in [0.2, 0.25) is 8.32 Å². The second-order valence-electron chi connectivity index (χ2n) is 4.95. The second kappa shape index (κ2) is 5.91. The van der Waals surface area contributed by atoms with Gasteiger partial charge in [0.1, 0.15) is 0 Å². The Kier molecular flexibility index (Phi) is 4.78. The van der Waals surface area contributed by atoms with Gasteiger partial charge in [-0.15, -0.1) is 0 Å². The highest BCUT2D eigenvalue weighted by Gasteiger charge is 2.20. The van der Waals surface area contributed by atoms with Gasteiger partial charge < -0.3 is 13.9 Å². The average molecular weight is 268 g/mol. The number of ether oxygens (including phenoxy) is 2. The molecule has 0 aromatic heterocycles. The van der Waals surface area contributed by atoms with Gasteiger partial charge in [-0.3, -0.25) is 4.79 Å². The Bertz CT molecular complexity index is 423. The Balaban J connectivity index is 2.76. The largest absolute Gasteiger partial charge is 0.520 e. The lowest BCUT2D eigenvalue weighted by Crippen LogP contribution is -2.29. The Morgan fingerprint density at radius 3 is 2.22 bits per heavy atom. The normalized spacial score (nSPS) is 10.9. The Morgan fingerprint density at radius 1 is 1.11 bits per heavy atom. The maximum atomic E-state index is 11.7. The van der Waals surface area contributed by atoms with E-state index in [-0.39, 0.29) is 12.4 Å². The molecule has 0 heterocycles. The van der Waals surface area contributed by atoms with Crippen LogP contribution in [0.2, 0.25) is 19.6 Å². The fourth-order valence-corrected chi connectivity index (χ4v) is 2.29. The fourth-order valence-electron chi connectivity index (χ4n) is 1.53. The lowest BCUT2D eigenvalue weighted by molar-refractivity contribution is -0.134. The summed E-state index contributed by atoms with van der Waals surface area (Å²) in [6, 6.07) is 5.42. The van der Waals surface area contributed by atoms with Crippen LogP contribution >= 0.6 is 0 Å². The number of hydrogen-bond donors (Lipinski definition) is 0. The van der Waals surface area contributed by atoms with Crippen molar-refractivity contribution in [3.63, 3.8) is 0 Å². The minimum Gasteiger partial charge on any atom is -0.520 e. The van der Waals surface area contributed by atoms with E-state index >= 15 is 0 Å². The smallest absolute Gasteiger partial charge is 0.296 e. The summed E-state index contributed by atoms with van der Waals surface area (Å²) in [5.41, 5.74) is 0.857. The highest BCUT2D eigenvalue weighted by Crippen LogP contribution is 2.27. The predicted molar refractivity (Wildman–Crippen MR) is 72.7 cm³/mol. The first kappa shape index (κ1) is 14.6. The van der Waals surface area contributed by atoms with Gasteiger partial charge in [0, 0.05) is 0 Å². The second-order valence-corrected chi connectivity index (χ2v) is 9.38. The van der Waals surface area contributed by atoms with Crippen LogP contribution in [0.3, 0.4) is 0 Å². The summed E-state index contributed by atoms with van der Waals surface area (Å²) in [6.07, 6.45) is 0.255. The first-order valence-corrected chi connectivity index (χ1v) is 9.19. The first-order valence-electron chi connectivity index (χ1n) is 5.78. The lowest BCUT2D eigenvalue weighted by atomic mass is 10.1. The van der Waals surface area contributed by atoms with Gasteiger partial charge in [0.05, 0.1) is 20.6 Å². The van der Waals surface area contributed by atoms with Gasteiger partial charge in [0.15, 0.2) is 11.5 Å². The summed E-state index contributed by atoms with van der Waals surface area (Å²) in [4.78, 5) is 11.7. The molecule has 1 aromatic carbocycles. The molecule has 0 aliphatic heterocycles. The SMILES string of the molecule is COc1ccc(CC(=O)O[Si](C)(C)C)cc1OC. The van der Waals surface area contributed by atoms with Crippen LogP contribution < -0.4 is 9.47 Å². The van der Waals surface area contributed by atoms with Crippen LogP contribution in [0.4, 0.5) is 0 Å². The molecule has 0 aliphatic carbocycles. The van der Waals surface area contributed by atoms with Crippen molar-refractivity contribution < 1.29 is 18.7 Å². The summed E-state index contributed by atoms with van der Waals surface area (Å²) in [5, 5.41) is 0. The van der Waals surface area contributed by atoms with Crippen molar-refractivity contribution in [3.05, 3.63) is 23.8 Å². The number of hydrogen-bond acceptors (Lipinski definition) is 4. The highest BCUT2D eigenvalue weighted by atomic mass is 28.4. The van der Waals surface area contributed by atoms with Crippen molar-refractivity contribution >= 4 is 14.3 Å². The minimum atomic E-state index is -1.82. The van der Waals surface area contributed by atoms with Gasteiger partial charge in [-0.1, -0.05) is 6.07 Å². The summed E-state index contributed by atoms with van der Waals surface area (Å²) >= 11 is 0. The van der Waals surface area contributed by atoms with Crippen LogP contribution in [0.1, 0.15) is 5.56 Å². The number of rotatable bonds is 5. The zero-order valence-corrected chi connectivity index (χ0v) is 12.6. The number of methoxy groups -OCH3 is 2. The Labute approximate surface area is 109 Å². The van der Waals surface area contributed by atoms with Crippen molar-refractivity contribution in [3.8, 4) is 11.5 Å². The van der Waals surface area contributed by atoms with E-state index in [0.717, 1.165) is 5.56 Å². The number of carbonyl (C=O) groups is 1. The molecule has 18 heavy (non-hydrogen) atoms. The van der Waals surface area contributed by atoms with E-state index in [4.69, 9.17) is 13.9 Å². The molecule has 5 heteroatoms. The van der Waals surface area contributed by atoms with Crippen molar-refractivity contribution in [2.75, 3.05) is 14.2 Å². The molecule has 0 fully saturated rings. The van der Waals surface area contributed by atoms with Crippen LogP contribution in [0, 0.1) is 0 Å². The predicted octanol–water partition coefficient (Wildman–Crippen LogP) is 2.62. The van der Waals surface area contributed by atoms with E-state index in [1.165, 1.54) is 0 Å². The molecule has 0 N–H and O–H groups in total. The molecule has 4 nitrogen and oxygen atoms in total. The highest BCUT2D eigenvalue weighted by molar-refractivity contribution is 6.71. The molecular formula is C13H20O4Si.